The molecule has 2 rings (SSSR count). The minimum atomic E-state index is -3.71. The van der Waals surface area contributed by atoms with Crippen molar-refractivity contribution in [2.24, 2.45) is 0 Å². The lowest BCUT2D eigenvalue weighted by atomic mass is 10.1. The molecule has 9 heteroatoms. The average molecular weight is 405 g/mol. The summed E-state index contributed by atoms with van der Waals surface area (Å²) in [6.07, 6.45) is 1.16. The molecule has 1 heterocycles. The first kappa shape index (κ1) is 21.1. The zero-order valence-corrected chi connectivity index (χ0v) is 16.1. The van der Waals surface area contributed by atoms with Gasteiger partial charge in [-0.1, -0.05) is 18.2 Å². The first-order chi connectivity index (χ1) is 13.1. The topological polar surface area (TPSA) is 135 Å². The van der Waals surface area contributed by atoms with Gasteiger partial charge in [0, 0.05) is 11.3 Å². The Hall–Kier alpha value is -3.20. The third-order valence-corrected chi connectivity index (χ3v) is 5.42. The number of benzene rings is 1. The van der Waals surface area contributed by atoms with Gasteiger partial charge in [0.25, 0.3) is 0 Å². The molecule has 0 amide bonds. The highest BCUT2D eigenvalue weighted by Crippen LogP contribution is 2.21. The molecule has 0 atom stereocenters. The number of carbonyl (C=O) groups excluding carboxylic acids is 2. The van der Waals surface area contributed by atoms with Crippen molar-refractivity contribution in [2.45, 2.75) is 24.5 Å². The molecule has 2 N–H and O–H groups in total. The summed E-state index contributed by atoms with van der Waals surface area (Å²) in [5.41, 5.74) is -0.319. The fraction of sp³-hybridized carbons (Fsp3) is 0.211. The largest absolute Gasteiger partial charge is 0.508 e. The van der Waals surface area contributed by atoms with Gasteiger partial charge in [-0.2, -0.15) is 0 Å². The number of esters is 1. The van der Waals surface area contributed by atoms with Crippen LogP contribution in [0.15, 0.2) is 63.3 Å². The second-order valence-electron chi connectivity index (χ2n) is 5.93. The van der Waals surface area contributed by atoms with E-state index in [1.807, 2.05) is 0 Å². The fourth-order valence-corrected chi connectivity index (χ4v) is 3.87. The van der Waals surface area contributed by atoms with E-state index in [1.165, 1.54) is 32.0 Å². The minimum absolute atomic E-state index is 0.101. The number of allylic oxidation sites excluding steroid dienone is 1. The molecule has 0 unspecified atom stereocenters. The van der Waals surface area contributed by atoms with Crippen molar-refractivity contribution < 1.29 is 32.3 Å². The number of sulfone groups is 1. The molecule has 0 saturated heterocycles. The van der Waals surface area contributed by atoms with Gasteiger partial charge in [0.1, 0.15) is 12.4 Å². The zero-order valence-electron chi connectivity index (χ0n) is 15.3. The Morgan fingerprint density at radius 1 is 1.14 bits per heavy atom. The Labute approximate surface area is 161 Å². The van der Waals surface area contributed by atoms with Gasteiger partial charge in [0.05, 0.1) is 22.5 Å². The van der Waals surface area contributed by atoms with E-state index < -0.39 is 39.7 Å². The van der Waals surface area contributed by atoms with Crippen LogP contribution in [0.1, 0.15) is 30.0 Å². The number of ether oxygens (including phenoxy) is 1. The number of nitrogens with one attached hydrogen (secondary N) is 1. The Morgan fingerprint density at radius 3 is 2.36 bits per heavy atom. The van der Waals surface area contributed by atoms with E-state index in [1.54, 1.807) is 18.2 Å². The van der Waals surface area contributed by atoms with Crippen molar-refractivity contribution >= 4 is 27.3 Å². The van der Waals surface area contributed by atoms with Crippen molar-refractivity contribution in [3.05, 3.63) is 65.3 Å². The molecule has 1 aromatic heterocycles. The van der Waals surface area contributed by atoms with Gasteiger partial charge in [-0.25, -0.2) is 13.2 Å². The first-order valence-electron chi connectivity index (χ1n) is 8.13. The SMILES string of the molecule is CC(=N)/C(C(C)=O)=C(\O)COC(=O)c1occc1CS(=O)(=O)c1ccccc1. The van der Waals surface area contributed by atoms with Gasteiger partial charge in [-0.05, 0) is 32.0 Å². The Balaban J connectivity index is 2.17. The average Bonchev–Trinajstić information content (AvgIpc) is 3.07. The van der Waals surface area contributed by atoms with E-state index in [9.17, 15) is 23.1 Å². The number of furan rings is 1. The number of hydrogen-bond acceptors (Lipinski definition) is 8. The van der Waals surface area contributed by atoms with Gasteiger partial charge in [0.15, 0.2) is 15.6 Å². The minimum Gasteiger partial charge on any atom is -0.508 e. The summed E-state index contributed by atoms with van der Waals surface area (Å²) in [5.74, 6) is -2.91. The highest BCUT2D eigenvalue weighted by molar-refractivity contribution is 7.90. The lowest BCUT2D eigenvalue weighted by Gasteiger charge is -2.08. The van der Waals surface area contributed by atoms with E-state index in [4.69, 9.17) is 14.6 Å². The molecule has 0 fully saturated rings. The summed E-state index contributed by atoms with van der Waals surface area (Å²) in [6, 6.07) is 9.09. The molecule has 28 heavy (non-hydrogen) atoms. The molecule has 0 aliphatic carbocycles. The van der Waals surface area contributed by atoms with Crippen molar-refractivity contribution in [1.82, 2.24) is 0 Å². The summed E-state index contributed by atoms with van der Waals surface area (Å²) < 4.78 is 34.9. The third-order valence-electron chi connectivity index (χ3n) is 3.74. The summed E-state index contributed by atoms with van der Waals surface area (Å²) >= 11 is 0. The van der Waals surface area contributed by atoms with Crippen LogP contribution in [0.25, 0.3) is 0 Å². The van der Waals surface area contributed by atoms with Crippen molar-refractivity contribution in [3.8, 4) is 0 Å². The highest BCUT2D eigenvalue weighted by Gasteiger charge is 2.24. The number of aliphatic hydroxyl groups excluding tert-OH is 1. The third kappa shape index (κ3) is 4.95. The Kier molecular flexibility index (Phi) is 6.53. The highest BCUT2D eigenvalue weighted by atomic mass is 32.2. The number of ketones is 1. The maximum Gasteiger partial charge on any atom is 0.374 e. The lowest BCUT2D eigenvalue weighted by Crippen LogP contribution is -2.16. The summed E-state index contributed by atoms with van der Waals surface area (Å²) in [4.78, 5) is 23.8. The van der Waals surface area contributed by atoms with Crippen LogP contribution >= 0.6 is 0 Å². The van der Waals surface area contributed by atoms with Gasteiger partial charge in [0.2, 0.25) is 5.76 Å². The van der Waals surface area contributed by atoms with Gasteiger partial charge >= 0.3 is 5.97 Å². The predicted molar refractivity (Wildman–Crippen MR) is 100 cm³/mol. The molecule has 2 aromatic rings. The number of aliphatic hydroxyl groups is 1. The number of carbonyl (C=O) groups is 2. The Morgan fingerprint density at radius 2 is 1.79 bits per heavy atom. The van der Waals surface area contributed by atoms with Crippen LogP contribution in [-0.4, -0.2) is 37.6 Å². The number of Topliss-reactive ketones (excluding diaryl/α,β-unsaturated/α-hetero) is 1. The summed E-state index contributed by atoms with van der Waals surface area (Å²) in [5, 5.41) is 17.4. The van der Waals surface area contributed by atoms with E-state index in [0.29, 0.717) is 0 Å². The summed E-state index contributed by atoms with van der Waals surface area (Å²) in [7, 11) is -3.71. The molecule has 148 valence electrons. The van der Waals surface area contributed by atoms with E-state index >= 15 is 0 Å². The zero-order chi connectivity index (χ0) is 20.9. The monoisotopic (exact) mass is 405 g/mol. The second kappa shape index (κ2) is 8.66. The molecule has 0 saturated carbocycles. The van der Waals surface area contributed by atoms with E-state index in [-0.39, 0.29) is 27.5 Å². The molecule has 0 aliphatic heterocycles. The molecule has 8 nitrogen and oxygen atoms in total. The van der Waals surface area contributed by atoms with Crippen LogP contribution in [0, 0.1) is 5.41 Å². The lowest BCUT2D eigenvalue weighted by molar-refractivity contribution is -0.113. The maximum atomic E-state index is 12.5. The molecular formula is C19H19NO7S. The maximum absolute atomic E-state index is 12.5. The molecule has 0 aliphatic rings. The molecule has 1 aromatic carbocycles. The second-order valence-corrected chi connectivity index (χ2v) is 7.92. The standard InChI is InChI=1S/C19H19NO7S/c1-12(20)17(13(2)21)16(22)10-27-19(23)18-14(8-9-26-18)11-28(24,25)15-6-4-3-5-7-15/h3-9,20,22H,10-11H2,1-2H3/b17-16+,20-12?. The van der Waals surface area contributed by atoms with Gasteiger partial charge in [-0.15, -0.1) is 0 Å². The van der Waals surface area contributed by atoms with Gasteiger partial charge in [-0.3, -0.25) is 4.79 Å². The van der Waals surface area contributed by atoms with Crippen molar-refractivity contribution in [2.75, 3.05) is 6.61 Å². The molecule has 0 radical (unpaired) electrons. The van der Waals surface area contributed by atoms with Crippen molar-refractivity contribution in [1.29, 1.82) is 5.41 Å². The summed E-state index contributed by atoms with van der Waals surface area (Å²) in [6.45, 7) is 1.83. The van der Waals surface area contributed by atoms with E-state index in [2.05, 4.69) is 0 Å². The van der Waals surface area contributed by atoms with Crippen molar-refractivity contribution in [3.63, 3.8) is 0 Å². The first-order valence-corrected chi connectivity index (χ1v) is 9.78. The van der Waals surface area contributed by atoms with Crippen LogP contribution in [0.4, 0.5) is 0 Å². The number of rotatable bonds is 8. The van der Waals surface area contributed by atoms with Crippen LogP contribution in [-0.2, 0) is 25.1 Å². The van der Waals surface area contributed by atoms with Crippen LogP contribution in [0.2, 0.25) is 0 Å². The smallest absolute Gasteiger partial charge is 0.374 e. The fourth-order valence-electron chi connectivity index (χ4n) is 2.50. The van der Waals surface area contributed by atoms with Crippen LogP contribution in [0.5, 0.6) is 0 Å². The normalized spacial score (nSPS) is 12.2. The number of hydrogen-bond donors (Lipinski definition) is 2. The quantitative estimate of drug-likeness (QED) is 0.298. The molecule has 0 spiro atoms. The van der Waals surface area contributed by atoms with Gasteiger partial charge < -0.3 is 19.7 Å². The molecular weight excluding hydrogens is 386 g/mol. The van der Waals surface area contributed by atoms with E-state index in [0.717, 1.165) is 6.26 Å². The van der Waals surface area contributed by atoms with Crippen LogP contribution < -0.4 is 0 Å². The predicted octanol–water partition coefficient (Wildman–Crippen LogP) is 2.85. The van der Waals surface area contributed by atoms with Crippen LogP contribution in [0.3, 0.4) is 0 Å². The Bertz CT molecular complexity index is 1020. The molecule has 0 bridgehead atoms.